The third kappa shape index (κ3) is 2.77. The Morgan fingerprint density at radius 1 is 0.714 bits per heavy atom. The first-order valence-corrected chi connectivity index (χ1v) is 7.01. The second-order valence-electron chi connectivity index (χ2n) is 5.09. The maximum atomic E-state index is 12.5. The summed E-state index contributed by atoms with van der Waals surface area (Å²) in [4.78, 5) is 12.5. The van der Waals surface area contributed by atoms with Gasteiger partial charge in [0.1, 0.15) is 0 Å². The van der Waals surface area contributed by atoms with Gasteiger partial charge in [0.25, 0.3) is 0 Å². The number of ketones is 1. The molecule has 3 aromatic carbocycles. The Balaban J connectivity index is 1.98. The van der Waals surface area contributed by atoms with Crippen molar-refractivity contribution in [2.45, 2.75) is 6.92 Å². The maximum absolute atomic E-state index is 12.5. The zero-order chi connectivity index (χ0) is 14.7. The quantitative estimate of drug-likeness (QED) is 0.620. The fraction of sp³-hybridized carbons (Fsp3) is 0.0500. The van der Waals surface area contributed by atoms with Crippen LogP contribution in [0.3, 0.4) is 0 Å². The second-order valence-corrected chi connectivity index (χ2v) is 5.09. The molecule has 0 fully saturated rings. The van der Waals surface area contributed by atoms with Gasteiger partial charge in [-0.3, -0.25) is 4.79 Å². The van der Waals surface area contributed by atoms with Crippen LogP contribution in [-0.2, 0) is 0 Å². The molecule has 0 heterocycles. The highest BCUT2D eigenvalue weighted by molar-refractivity contribution is 6.10. The van der Waals surface area contributed by atoms with Gasteiger partial charge in [0.05, 0.1) is 0 Å². The molecule has 21 heavy (non-hydrogen) atoms. The molecule has 0 aliphatic carbocycles. The van der Waals surface area contributed by atoms with Gasteiger partial charge in [-0.15, -0.1) is 0 Å². The maximum Gasteiger partial charge on any atom is 0.193 e. The first-order valence-electron chi connectivity index (χ1n) is 7.01. The molecule has 102 valence electrons. The summed E-state index contributed by atoms with van der Waals surface area (Å²) in [5.74, 6) is 0.0766. The van der Waals surface area contributed by atoms with Gasteiger partial charge in [0.15, 0.2) is 5.78 Å². The normalized spacial score (nSPS) is 10.3. The number of carbonyl (C=O) groups is 1. The fourth-order valence-electron chi connectivity index (χ4n) is 2.47. The van der Waals surface area contributed by atoms with Crippen molar-refractivity contribution >= 4 is 5.78 Å². The molecule has 0 N–H and O–H groups in total. The highest BCUT2D eigenvalue weighted by atomic mass is 16.1. The lowest BCUT2D eigenvalue weighted by Crippen LogP contribution is -2.03. The molecular weight excluding hydrogens is 256 g/mol. The van der Waals surface area contributed by atoms with E-state index < -0.39 is 0 Å². The molecule has 0 unspecified atom stereocenters. The summed E-state index contributed by atoms with van der Waals surface area (Å²) in [6.45, 7) is 1.99. The van der Waals surface area contributed by atoms with Crippen molar-refractivity contribution in [3.8, 4) is 11.1 Å². The number of hydrogen-bond acceptors (Lipinski definition) is 1. The van der Waals surface area contributed by atoms with Gasteiger partial charge in [-0.05, 0) is 23.6 Å². The molecule has 0 spiro atoms. The number of aryl methyl sites for hydroxylation is 1. The molecular formula is C20H16O. The van der Waals surface area contributed by atoms with Crippen LogP contribution in [0.1, 0.15) is 21.5 Å². The second kappa shape index (κ2) is 5.76. The predicted molar refractivity (Wildman–Crippen MR) is 86.5 cm³/mol. The summed E-state index contributed by atoms with van der Waals surface area (Å²) in [5.41, 5.74) is 4.80. The molecule has 0 aromatic heterocycles. The highest BCUT2D eigenvalue weighted by Gasteiger charge is 2.11. The van der Waals surface area contributed by atoms with E-state index in [4.69, 9.17) is 0 Å². The van der Waals surface area contributed by atoms with E-state index in [0.29, 0.717) is 0 Å². The Labute approximate surface area is 124 Å². The van der Waals surface area contributed by atoms with Gasteiger partial charge in [-0.2, -0.15) is 0 Å². The highest BCUT2D eigenvalue weighted by Crippen LogP contribution is 2.23. The molecule has 0 bridgehead atoms. The number of rotatable bonds is 3. The minimum atomic E-state index is 0.0766. The fourth-order valence-corrected chi connectivity index (χ4v) is 2.47. The van der Waals surface area contributed by atoms with E-state index in [-0.39, 0.29) is 5.78 Å². The third-order valence-corrected chi connectivity index (χ3v) is 3.61. The Morgan fingerprint density at radius 3 is 1.95 bits per heavy atom. The Hall–Kier alpha value is -2.67. The SMILES string of the molecule is Cc1cc(-c2ccccc2)ccc1C(=O)c1ccccc1. The van der Waals surface area contributed by atoms with Crippen LogP contribution in [0, 0.1) is 6.92 Å². The van der Waals surface area contributed by atoms with E-state index in [1.165, 1.54) is 5.56 Å². The van der Waals surface area contributed by atoms with Gasteiger partial charge in [-0.1, -0.05) is 78.9 Å². The lowest BCUT2D eigenvalue weighted by atomic mass is 9.95. The van der Waals surface area contributed by atoms with Crippen LogP contribution in [-0.4, -0.2) is 5.78 Å². The zero-order valence-corrected chi connectivity index (χ0v) is 11.9. The van der Waals surface area contributed by atoms with E-state index in [1.807, 2.05) is 67.6 Å². The molecule has 0 saturated carbocycles. The van der Waals surface area contributed by atoms with Crippen LogP contribution in [0.5, 0.6) is 0 Å². The molecule has 0 aliphatic heterocycles. The number of hydrogen-bond donors (Lipinski definition) is 0. The van der Waals surface area contributed by atoms with Crippen molar-refractivity contribution < 1.29 is 4.79 Å². The minimum Gasteiger partial charge on any atom is -0.289 e. The average Bonchev–Trinajstić information content (AvgIpc) is 2.56. The molecule has 0 radical (unpaired) electrons. The van der Waals surface area contributed by atoms with Crippen LogP contribution in [0.15, 0.2) is 78.9 Å². The Bertz CT molecular complexity index is 758. The third-order valence-electron chi connectivity index (χ3n) is 3.61. The number of benzene rings is 3. The molecule has 0 aliphatic rings. The largest absolute Gasteiger partial charge is 0.289 e. The van der Waals surface area contributed by atoms with Crippen molar-refractivity contribution in [2.75, 3.05) is 0 Å². The Kier molecular flexibility index (Phi) is 3.65. The molecule has 1 heteroatoms. The van der Waals surface area contributed by atoms with Crippen LogP contribution >= 0.6 is 0 Å². The van der Waals surface area contributed by atoms with Crippen LogP contribution < -0.4 is 0 Å². The monoisotopic (exact) mass is 272 g/mol. The topological polar surface area (TPSA) is 17.1 Å². The number of carbonyl (C=O) groups excluding carboxylic acids is 1. The Morgan fingerprint density at radius 2 is 1.33 bits per heavy atom. The minimum absolute atomic E-state index is 0.0766. The van der Waals surface area contributed by atoms with Crippen LogP contribution in [0.2, 0.25) is 0 Å². The zero-order valence-electron chi connectivity index (χ0n) is 11.9. The van der Waals surface area contributed by atoms with Gasteiger partial charge < -0.3 is 0 Å². The van der Waals surface area contributed by atoms with E-state index in [1.54, 1.807) is 0 Å². The summed E-state index contributed by atoms with van der Waals surface area (Å²) >= 11 is 0. The summed E-state index contributed by atoms with van der Waals surface area (Å²) in [6, 6.07) is 25.6. The van der Waals surface area contributed by atoms with E-state index in [9.17, 15) is 4.79 Å². The van der Waals surface area contributed by atoms with Crippen molar-refractivity contribution in [1.82, 2.24) is 0 Å². The van der Waals surface area contributed by atoms with Crippen molar-refractivity contribution in [3.05, 3.63) is 95.6 Å². The molecule has 0 saturated heterocycles. The average molecular weight is 272 g/mol. The molecule has 1 nitrogen and oxygen atoms in total. The van der Waals surface area contributed by atoms with Crippen LogP contribution in [0.4, 0.5) is 0 Å². The van der Waals surface area contributed by atoms with Gasteiger partial charge >= 0.3 is 0 Å². The van der Waals surface area contributed by atoms with E-state index in [0.717, 1.165) is 22.3 Å². The summed E-state index contributed by atoms with van der Waals surface area (Å²) in [6.07, 6.45) is 0. The van der Waals surface area contributed by atoms with Crippen molar-refractivity contribution in [3.63, 3.8) is 0 Å². The molecule has 0 atom stereocenters. The smallest absolute Gasteiger partial charge is 0.193 e. The van der Waals surface area contributed by atoms with E-state index >= 15 is 0 Å². The van der Waals surface area contributed by atoms with Gasteiger partial charge in [0.2, 0.25) is 0 Å². The van der Waals surface area contributed by atoms with Gasteiger partial charge in [-0.25, -0.2) is 0 Å². The standard InChI is InChI=1S/C20H16O/c1-15-14-18(16-8-4-2-5-9-16)12-13-19(15)20(21)17-10-6-3-7-11-17/h2-14H,1H3. The lowest BCUT2D eigenvalue weighted by Gasteiger charge is -2.08. The molecule has 3 rings (SSSR count). The van der Waals surface area contributed by atoms with Crippen molar-refractivity contribution in [2.24, 2.45) is 0 Å². The van der Waals surface area contributed by atoms with Gasteiger partial charge in [0, 0.05) is 11.1 Å². The molecule has 3 aromatic rings. The van der Waals surface area contributed by atoms with Crippen LogP contribution in [0.25, 0.3) is 11.1 Å². The first kappa shape index (κ1) is 13.3. The first-order chi connectivity index (χ1) is 10.3. The van der Waals surface area contributed by atoms with E-state index in [2.05, 4.69) is 18.2 Å². The van der Waals surface area contributed by atoms with Crippen molar-refractivity contribution in [1.29, 1.82) is 0 Å². The summed E-state index contributed by atoms with van der Waals surface area (Å²) in [7, 11) is 0. The summed E-state index contributed by atoms with van der Waals surface area (Å²) in [5, 5.41) is 0. The predicted octanol–water partition coefficient (Wildman–Crippen LogP) is 4.89. The summed E-state index contributed by atoms with van der Waals surface area (Å²) < 4.78 is 0. The lowest BCUT2D eigenvalue weighted by molar-refractivity contribution is 0.103. The molecule has 0 amide bonds.